The van der Waals surface area contributed by atoms with Crippen molar-refractivity contribution in [1.29, 1.82) is 0 Å². The van der Waals surface area contributed by atoms with Crippen LogP contribution in [0.25, 0.3) is 32.4 Å². The number of rotatable bonds is 0. The van der Waals surface area contributed by atoms with Crippen LogP contribution in [0.3, 0.4) is 0 Å². The SMILES string of the molecule is Cc1ncnc2c3ccccc3c3cc(C(C)(C)C)ccc3c12. The highest BCUT2D eigenvalue weighted by atomic mass is 14.8. The molecular formula is C21H20N2. The Labute approximate surface area is 136 Å². The average Bonchev–Trinajstić information content (AvgIpc) is 2.54. The van der Waals surface area contributed by atoms with Crippen molar-refractivity contribution < 1.29 is 0 Å². The molecule has 1 heterocycles. The van der Waals surface area contributed by atoms with E-state index in [1.165, 1.54) is 32.5 Å². The second kappa shape index (κ2) is 4.76. The van der Waals surface area contributed by atoms with Crippen LogP contribution < -0.4 is 0 Å². The summed E-state index contributed by atoms with van der Waals surface area (Å²) in [7, 11) is 0. The molecule has 1 aromatic heterocycles. The highest BCUT2D eigenvalue weighted by molar-refractivity contribution is 6.24. The zero-order valence-corrected chi connectivity index (χ0v) is 14.0. The van der Waals surface area contributed by atoms with Crippen molar-refractivity contribution in [2.45, 2.75) is 33.1 Å². The van der Waals surface area contributed by atoms with Gasteiger partial charge in [-0.1, -0.05) is 57.2 Å². The summed E-state index contributed by atoms with van der Waals surface area (Å²) in [5.74, 6) is 0. The zero-order valence-electron chi connectivity index (χ0n) is 14.0. The smallest absolute Gasteiger partial charge is 0.116 e. The van der Waals surface area contributed by atoms with E-state index in [0.717, 1.165) is 11.2 Å². The fraction of sp³-hybridized carbons (Fsp3) is 0.238. The summed E-state index contributed by atoms with van der Waals surface area (Å²) < 4.78 is 0. The van der Waals surface area contributed by atoms with Gasteiger partial charge < -0.3 is 0 Å². The summed E-state index contributed by atoms with van der Waals surface area (Å²) in [6, 6.07) is 15.4. The van der Waals surface area contributed by atoms with Crippen LogP contribution >= 0.6 is 0 Å². The number of aromatic nitrogens is 2. The maximum atomic E-state index is 4.58. The highest BCUT2D eigenvalue weighted by Crippen LogP contribution is 2.37. The molecule has 0 saturated heterocycles. The third-order valence-corrected chi connectivity index (χ3v) is 4.66. The lowest BCUT2D eigenvalue weighted by Gasteiger charge is -2.20. The van der Waals surface area contributed by atoms with Gasteiger partial charge >= 0.3 is 0 Å². The third kappa shape index (κ3) is 2.09. The lowest BCUT2D eigenvalue weighted by atomic mass is 9.84. The molecule has 4 aromatic rings. The number of hydrogen-bond acceptors (Lipinski definition) is 2. The van der Waals surface area contributed by atoms with Crippen LogP contribution in [0.5, 0.6) is 0 Å². The molecule has 0 atom stereocenters. The van der Waals surface area contributed by atoms with Gasteiger partial charge in [0.1, 0.15) is 6.33 Å². The molecule has 0 aliphatic carbocycles. The van der Waals surface area contributed by atoms with Crippen molar-refractivity contribution in [3.05, 3.63) is 60.0 Å². The second-order valence-corrected chi connectivity index (χ2v) is 7.24. The quantitative estimate of drug-likeness (QED) is 0.398. The lowest BCUT2D eigenvalue weighted by Crippen LogP contribution is -2.10. The van der Waals surface area contributed by atoms with Crippen LogP contribution in [0.1, 0.15) is 32.0 Å². The Morgan fingerprint density at radius 2 is 1.52 bits per heavy atom. The van der Waals surface area contributed by atoms with Gasteiger partial charge in [0.15, 0.2) is 0 Å². The van der Waals surface area contributed by atoms with E-state index in [1.807, 2.05) is 0 Å². The predicted molar refractivity (Wildman–Crippen MR) is 98.0 cm³/mol. The number of benzene rings is 3. The van der Waals surface area contributed by atoms with Gasteiger partial charge in [0.25, 0.3) is 0 Å². The number of nitrogens with zero attached hydrogens (tertiary/aromatic N) is 2. The Morgan fingerprint density at radius 1 is 0.783 bits per heavy atom. The molecule has 4 rings (SSSR count). The average molecular weight is 300 g/mol. The zero-order chi connectivity index (χ0) is 16.2. The van der Waals surface area contributed by atoms with Gasteiger partial charge in [-0.3, -0.25) is 0 Å². The van der Waals surface area contributed by atoms with Crippen molar-refractivity contribution in [3.8, 4) is 0 Å². The summed E-state index contributed by atoms with van der Waals surface area (Å²) in [6.45, 7) is 8.83. The van der Waals surface area contributed by atoms with Gasteiger partial charge in [-0.25, -0.2) is 9.97 Å². The van der Waals surface area contributed by atoms with Crippen molar-refractivity contribution in [3.63, 3.8) is 0 Å². The van der Waals surface area contributed by atoms with Gasteiger partial charge in [0.05, 0.1) is 5.52 Å². The molecule has 0 amide bonds. The van der Waals surface area contributed by atoms with E-state index >= 15 is 0 Å². The fourth-order valence-corrected chi connectivity index (χ4v) is 3.38. The molecule has 0 aliphatic rings. The van der Waals surface area contributed by atoms with E-state index in [1.54, 1.807) is 6.33 Å². The van der Waals surface area contributed by atoms with E-state index in [-0.39, 0.29) is 5.41 Å². The predicted octanol–water partition coefficient (Wildman–Crippen LogP) is 5.54. The molecule has 3 aromatic carbocycles. The molecule has 2 heteroatoms. The van der Waals surface area contributed by atoms with Crippen LogP contribution in [0.2, 0.25) is 0 Å². The maximum absolute atomic E-state index is 4.58. The normalized spacial score (nSPS) is 12.3. The van der Waals surface area contributed by atoms with Gasteiger partial charge in [0, 0.05) is 16.5 Å². The van der Waals surface area contributed by atoms with Crippen LogP contribution in [0, 0.1) is 6.92 Å². The van der Waals surface area contributed by atoms with Crippen molar-refractivity contribution >= 4 is 32.4 Å². The van der Waals surface area contributed by atoms with Gasteiger partial charge in [0.2, 0.25) is 0 Å². The first-order valence-electron chi connectivity index (χ1n) is 8.03. The van der Waals surface area contributed by atoms with Crippen LogP contribution in [0.4, 0.5) is 0 Å². The summed E-state index contributed by atoms with van der Waals surface area (Å²) in [5, 5.41) is 6.16. The fourth-order valence-electron chi connectivity index (χ4n) is 3.38. The Balaban J connectivity index is 2.30. The van der Waals surface area contributed by atoms with Crippen molar-refractivity contribution in [2.24, 2.45) is 0 Å². The summed E-state index contributed by atoms with van der Waals surface area (Å²) in [6.07, 6.45) is 1.67. The summed E-state index contributed by atoms with van der Waals surface area (Å²) >= 11 is 0. The largest absolute Gasteiger partial charge is 0.241 e. The molecule has 0 fully saturated rings. The van der Waals surface area contributed by atoms with Gasteiger partial charge in [-0.15, -0.1) is 0 Å². The summed E-state index contributed by atoms with van der Waals surface area (Å²) in [5.41, 5.74) is 3.56. The van der Waals surface area contributed by atoms with E-state index in [4.69, 9.17) is 0 Å². The van der Waals surface area contributed by atoms with Crippen molar-refractivity contribution in [2.75, 3.05) is 0 Å². The van der Waals surface area contributed by atoms with E-state index in [2.05, 4.69) is 80.1 Å². The monoisotopic (exact) mass is 300 g/mol. The molecule has 2 nitrogen and oxygen atoms in total. The third-order valence-electron chi connectivity index (χ3n) is 4.66. The maximum Gasteiger partial charge on any atom is 0.116 e. The first-order chi connectivity index (χ1) is 11.0. The van der Waals surface area contributed by atoms with E-state index in [9.17, 15) is 0 Å². The van der Waals surface area contributed by atoms with Crippen LogP contribution in [0.15, 0.2) is 48.8 Å². The number of fused-ring (bicyclic) bond motifs is 6. The second-order valence-electron chi connectivity index (χ2n) is 7.24. The lowest BCUT2D eigenvalue weighted by molar-refractivity contribution is 0.591. The Bertz CT molecular complexity index is 1060. The molecule has 0 bridgehead atoms. The van der Waals surface area contributed by atoms with E-state index < -0.39 is 0 Å². The Hall–Kier alpha value is -2.48. The van der Waals surface area contributed by atoms with E-state index in [0.29, 0.717) is 0 Å². The molecule has 0 unspecified atom stereocenters. The number of aryl methyl sites for hydroxylation is 1. The molecule has 0 spiro atoms. The molecule has 0 saturated carbocycles. The van der Waals surface area contributed by atoms with Crippen molar-refractivity contribution in [1.82, 2.24) is 9.97 Å². The first-order valence-corrected chi connectivity index (χ1v) is 8.03. The standard InChI is InChI=1S/C21H20N2/c1-13-19-16-10-9-14(21(2,3)4)11-18(16)15-7-5-6-8-17(15)20(19)23-12-22-13/h5-12H,1-4H3. The number of hydrogen-bond donors (Lipinski definition) is 0. The van der Waals surface area contributed by atoms with Crippen LogP contribution in [-0.4, -0.2) is 9.97 Å². The molecule has 0 radical (unpaired) electrons. The van der Waals surface area contributed by atoms with Gasteiger partial charge in [-0.05, 0) is 40.1 Å². The topological polar surface area (TPSA) is 25.8 Å². The Morgan fingerprint density at radius 3 is 2.26 bits per heavy atom. The first kappa shape index (κ1) is 14.1. The molecule has 114 valence electrons. The Kier molecular flexibility index (Phi) is 2.92. The molecule has 23 heavy (non-hydrogen) atoms. The summed E-state index contributed by atoms with van der Waals surface area (Å²) in [4.78, 5) is 9.00. The van der Waals surface area contributed by atoms with Crippen LogP contribution in [-0.2, 0) is 5.41 Å². The minimum atomic E-state index is 0.131. The van der Waals surface area contributed by atoms with Gasteiger partial charge in [-0.2, -0.15) is 0 Å². The molecule has 0 aliphatic heterocycles. The highest BCUT2D eigenvalue weighted by Gasteiger charge is 2.17. The minimum Gasteiger partial charge on any atom is -0.241 e. The molecular weight excluding hydrogens is 280 g/mol. The minimum absolute atomic E-state index is 0.131. The molecule has 0 N–H and O–H groups in total.